The third-order valence-corrected chi connectivity index (χ3v) is 5.56. The lowest BCUT2D eigenvalue weighted by atomic mass is 10.1. The zero-order chi connectivity index (χ0) is 19.9. The molecular weight excluding hydrogens is 360 g/mol. The van der Waals surface area contributed by atoms with Gasteiger partial charge in [-0.1, -0.05) is 48.6 Å². The summed E-state index contributed by atoms with van der Waals surface area (Å²) in [6.45, 7) is 9.89. The highest BCUT2D eigenvalue weighted by molar-refractivity contribution is 7.89. The number of hydrogen-bond acceptors (Lipinski definition) is 3. The van der Waals surface area contributed by atoms with Crippen LogP contribution in [-0.4, -0.2) is 32.3 Å². The van der Waals surface area contributed by atoms with Gasteiger partial charge in [0.2, 0.25) is 10.0 Å². The number of nitrogens with zero attached hydrogens (tertiary/aromatic N) is 1. The Hall–Kier alpha value is -2.70. The molecule has 2 aromatic rings. The highest BCUT2D eigenvalue weighted by Crippen LogP contribution is 2.19. The van der Waals surface area contributed by atoms with Gasteiger partial charge >= 0.3 is 0 Å². The first kappa shape index (κ1) is 20.6. The molecule has 1 amide bonds. The van der Waals surface area contributed by atoms with Crippen LogP contribution in [0.1, 0.15) is 21.5 Å². The Morgan fingerprint density at radius 3 is 2.30 bits per heavy atom. The standard InChI is InChI=1S/C21H24N2O3S/c1-4-13-23(14-5-2)21(24)19-12-11-17(3)20(15-19)27(25,26)22-16-18-9-7-6-8-10-18/h4-12,15,22H,1-2,13-14,16H2,3H3. The van der Waals surface area contributed by atoms with Crippen LogP contribution in [0, 0.1) is 6.92 Å². The summed E-state index contributed by atoms with van der Waals surface area (Å²) in [5.74, 6) is -0.269. The SMILES string of the molecule is C=CCN(CC=C)C(=O)c1ccc(C)c(S(=O)(=O)NCc2ccccc2)c1. The number of amides is 1. The van der Waals surface area contributed by atoms with Gasteiger partial charge in [0.1, 0.15) is 0 Å². The van der Waals surface area contributed by atoms with Crippen molar-refractivity contribution in [3.05, 3.63) is 90.5 Å². The van der Waals surface area contributed by atoms with E-state index in [-0.39, 0.29) is 17.3 Å². The predicted octanol–water partition coefficient (Wildman–Crippen LogP) is 3.29. The van der Waals surface area contributed by atoms with E-state index >= 15 is 0 Å². The minimum absolute atomic E-state index is 0.0986. The summed E-state index contributed by atoms with van der Waals surface area (Å²) >= 11 is 0. The number of rotatable bonds is 9. The summed E-state index contributed by atoms with van der Waals surface area (Å²) in [7, 11) is -3.76. The van der Waals surface area contributed by atoms with Gasteiger partial charge in [-0.15, -0.1) is 13.2 Å². The third kappa shape index (κ3) is 5.39. The molecule has 0 fully saturated rings. The molecule has 0 saturated heterocycles. The molecule has 0 spiro atoms. The molecule has 142 valence electrons. The number of carbonyl (C=O) groups excluding carboxylic acids is 1. The van der Waals surface area contributed by atoms with Crippen LogP contribution >= 0.6 is 0 Å². The first-order chi connectivity index (χ1) is 12.9. The van der Waals surface area contributed by atoms with Crippen molar-refractivity contribution in [3.63, 3.8) is 0 Å². The molecule has 6 heteroatoms. The molecule has 0 aliphatic rings. The van der Waals surface area contributed by atoms with Crippen LogP contribution in [0.2, 0.25) is 0 Å². The van der Waals surface area contributed by atoms with E-state index in [1.54, 1.807) is 36.1 Å². The van der Waals surface area contributed by atoms with E-state index < -0.39 is 10.0 Å². The quantitative estimate of drug-likeness (QED) is 0.675. The Morgan fingerprint density at radius 1 is 1.07 bits per heavy atom. The molecule has 0 aromatic heterocycles. The number of benzene rings is 2. The van der Waals surface area contributed by atoms with Crippen molar-refractivity contribution in [3.8, 4) is 0 Å². The molecule has 2 aromatic carbocycles. The first-order valence-electron chi connectivity index (χ1n) is 8.54. The van der Waals surface area contributed by atoms with Crippen LogP contribution in [0.4, 0.5) is 0 Å². The van der Waals surface area contributed by atoms with Crippen molar-refractivity contribution in [2.45, 2.75) is 18.4 Å². The molecule has 0 aliphatic heterocycles. The lowest BCUT2D eigenvalue weighted by molar-refractivity contribution is 0.0790. The molecule has 0 saturated carbocycles. The summed E-state index contributed by atoms with van der Waals surface area (Å²) in [4.78, 5) is 14.3. The van der Waals surface area contributed by atoms with Gasteiger partial charge < -0.3 is 4.90 Å². The van der Waals surface area contributed by atoms with Crippen LogP contribution < -0.4 is 4.72 Å². The molecule has 5 nitrogen and oxygen atoms in total. The monoisotopic (exact) mass is 384 g/mol. The van der Waals surface area contributed by atoms with E-state index in [0.717, 1.165) is 5.56 Å². The molecule has 0 unspecified atom stereocenters. The van der Waals surface area contributed by atoms with Crippen molar-refractivity contribution >= 4 is 15.9 Å². The number of carbonyl (C=O) groups is 1. The van der Waals surface area contributed by atoms with Gasteiger partial charge in [0.25, 0.3) is 5.91 Å². The molecule has 27 heavy (non-hydrogen) atoms. The number of sulfonamides is 1. The average molecular weight is 385 g/mol. The fourth-order valence-electron chi connectivity index (χ4n) is 2.61. The van der Waals surface area contributed by atoms with Crippen LogP contribution in [0.15, 0.2) is 78.7 Å². The van der Waals surface area contributed by atoms with E-state index in [2.05, 4.69) is 17.9 Å². The normalized spacial score (nSPS) is 11.0. The Kier molecular flexibility index (Phi) is 7.10. The van der Waals surface area contributed by atoms with Crippen LogP contribution in [0.5, 0.6) is 0 Å². The predicted molar refractivity (Wildman–Crippen MR) is 108 cm³/mol. The summed E-state index contributed by atoms with van der Waals surface area (Å²) in [6, 6.07) is 14.0. The topological polar surface area (TPSA) is 66.5 Å². The van der Waals surface area contributed by atoms with Gasteiger partial charge in [-0.3, -0.25) is 4.79 Å². The highest BCUT2D eigenvalue weighted by Gasteiger charge is 2.21. The average Bonchev–Trinajstić information content (AvgIpc) is 2.67. The van der Waals surface area contributed by atoms with Gasteiger partial charge in [-0.25, -0.2) is 13.1 Å². The van der Waals surface area contributed by atoms with Crippen LogP contribution in [-0.2, 0) is 16.6 Å². The number of aryl methyl sites for hydroxylation is 1. The molecule has 0 aliphatic carbocycles. The first-order valence-corrected chi connectivity index (χ1v) is 10.0. The Morgan fingerprint density at radius 2 is 1.70 bits per heavy atom. The Balaban J connectivity index is 2.28. The summed E-state index contributed by atoms with van der Waals surface area (Å²) in [5, 5.41) is 0. The molecular formula is C21H24N2O3S. The second-order valence-electron chi connectivity index (χ2n) is 6.08. The van der Waals surface area contributed by atoms with E-state index in [0.29, 0.717) is 24.2 Å². The van der Waals surface area contributed by atoms with Crippen LogP contribution in [0.25, 0.3) is 0 Å². The van der Waals surface area contributed by atoms with Crippen molar-refractivity contribution in [2.75, 3.05) is 13.1 Å². The third-order valence-electron chi connectivity index (χ3n) is 4.02. The Bertz CT molecular complexity index is 912. The minimum atomic E-state index is -3.76. The number of nitrogens with one attached hydrogen (secondary N) is 1. The molecule has 0 heterocycles. The lowest BCUT2D eigenvalue weighted by Crippen LogP contribution is -2.31. The van der Waals surface area contributed by atoms with Gasteiger partial charge in [-0.05, 0) is 30.2 Å². The van der Waals surface area contributed by atoms with Gasteiger partial charge in [0.05, 0.1) is 4.90 Å². The summed E-state index contributed by atoms with van der Waals surface area (Å²) in [5.41, 5.74) is 1.74. The van der Waals surface area contributed by atoms with Gasteiger partial charge in [0, 0.05) is 25.2 Å². The van der Waals surface area contributed by atoms with Crippen molar-refractivity contribution < 1.29 is 13.2 Å². The van der Waals surface area contributed by atoms with Crippen LogP contribution in [0.3, 0.4) is 0 Å². The maximum absolute atomic E-state index is 12.8. The molecule has 0 atom stereocenters. The second-order valence-corrected chi connectivity index (χ2v) is 7.81. The largest absolute Gasteiger partial charge is 0.331 e. The lowest BCUT2D eigenvalue weighted by Gasteiger charge is -2.20. The van der Waals surface area contributed by atoms with E-state index in [1.807, 2.05) is 30.3 Å². The van der Waals surface area contributed by atoms with E-state index in [9.17, 15) is 13.2 Å². The van der Waals surface area contributed by atoms with Crippen molar-refractivity contribution in [2.24, 2.45) is 0 Å². The minimum Gasteiger partial charge on any atom is -0.331 e. The fourth-order valence-corrected chi connectivity index (χ4v) is 3.90. The fraction of sp³-hybridized carbons (Fsp3) is 0.190. The number of hydrogen-bond donors (Lipinski definition) is 1. The second kappa shape index (κ2) is 9.30. The van der Waals surface area contributed by atoms with Crippen molar-refractivity contribution in [1.29, 1.82) is 0 Å². The van der Waals surface area contributed by atoms with Gasteiger partial charge in [-0.2, -0.15) is 0 Å². The van der Waals surface area contributed by atoms with E-state index in [4.69, 9.17) is 0 Å². The summed E-state index contributed by atoms with van der Waals surface area (Å²) in [6.07, 6.45) is 3.24. The molecule has 0 radical (unpaired) electrons. The highest BCUT2D eigenvalue weighted by atomic mass is 32.2. The smallest absolute Gasteiger partial charge is 0.254 e. The molecule has 2 rings (SSSR count). The van der Waals surface area contributed by atoms with Gasteiger partial charge in [0.15, 0.2) is 0 Å². The summed E-state index contributed by atoms with van der Waals surface area (Å²) < 4.78 is 28.1. The maximum atomic E-state index is 12.8. The zero-order valence-electron chi connectivity index (χ0n) is 15.4. The Labute approximate surface area is 161 Å². The maximum Gasteiger partial charge on any atom is 0.254 e. The molecule has 1 N–H and O–H groups in total. The van der Waals surface area contributed by atoms with E-state index in [1.165, 1.54) is 6.07 Å². The zero-order valence-corrected chi connectivity index (χ0v) is 16.2. The molecule has 0 bridgehead atoms. The van der Waals surface area contributed by atoms with Crippen molar-refractivity contribution in [1.82, 2.24) is 9.62 Å².